The minimum Gasteiger partial charge on any atom is -0.260 e. The molecular weight excluding hydrogens is 204 g/mol. The molecule has 4 heteroatoms. The summed E-state index contributed by atoms with van der Waals surface area (Å²) in [6.45, 7) is 0. The molecule has 0 spiro atoms. The standard InChI is InChI=1S/C6H4NO2.Rb/c8-7(9)6-4-2-1-3-5-6;/h1-4H;/q-1;+1. The molecule has 10 heavy (non-hydrogen) atoms. The zero-order valence-electron chi connectivity index (χ0n) is 5.57. The summed E-state index contributed by atoms with van der Waals surface area (Å²) in [5.74, 6) is 0. The van der Waals surface area contributed by atoms with E-state index in [9.17, 15) is 10.1 Å². The van der Waals surface area contributed by atoms with Gasteiger partial charge in [-0.3, -0.25) is 10.1 Å². The van der Waals surface area contributed by atoms with Crippen molar-refractivity contribution in [2.24, 2.45) is 0 Å². The number of nitro benzene ring substituents is 1. The summed E-state index contributed by atoms with van der Waals surface area (Å²) < 4.78 is 0. The monoisotopic (exact) mass is 207 g/mol. The Morgan fingerprint density at radius 2 is 2.20 bits per heavy atom. The first-order chi connectivity index (χ1) is 4.30. The molecule has 0 fully saturated rings. The van der Waals surface area contributed by atoms with E-state index < -0.39 is 4.92 Å². The average Bonchev–Trinajstić information content (AvgIpc) is 1.90. The molecule has 0 heterocycles. The van der Waals surface area contributed by atoms with Crippen molar-refractivity contribution in [2.75, 3.05) is 0 Å². The van der Waals surface area contributed by atoms with Crippen LogP contribution in [0, 0.1) is 16.2 Å². The van der Waals surface area contributed by atoms with Crippen molar-refractivity contribution in [2.45, 2.75) is 0 Å². The van der Waals surface area contributed by atoms with Crippen LogP contribution in [0.1, 0.15) is 0 Å². The van der Waals surface area contributed by atoms with Crippen molar-refractivity contribution in [3.8, 4) is 0 Å². The van der Waals surface area contributed by atoms with Crippen LogP contribution in [0.5, 0.6) is 0 Å². The average molecular weight is 208 g/mol. The maximum atomic E-state index is 9.98. The molecule has 0 bridgehead atoms. The number of rotatable bonds is 1. The SMILES string of the molecule is O=[N+]([O-])c1[c-]cccc1.[Rb+]. The largest absolute Gasteiger partial charge is 1.00 e. The number of nitrogens with zero attached hydrogens (tertiary/aromatic N) is 1. The molecular formula is C6H4NO2Rb. The van der Waals surface area contributed by atoms with Gasteiger partial charge in [-0.25, -0.2) is 0 Å². The molecule has 0 saturated carbocycles. The number of nitro groups is 1. The molecule has 0 unspecified atom stereocenters. The smallest absolute Gasteiger partial charge is 0.260 e. The fourth-order valence-corrected chi connectivity index (χ4v) is 0.497. The van der Waals surface area contributed by atoms with Crippen molar-refractivity contribution >= 4 is 5.69 Å². The van der Waals surface area contributed by atoms with Crippen LogP contribution in [-0.4, -0.2) is 4.92 Å². The molecule has 1 aromatic rings. The Morgan fingerprint density at radius 1 is 1.50 bits per heavy atom. The van der Waals surface area contributed by atoms with Gasteiger partial charge in [0.25, 0.3) is 0 Å². The number of non-ortho nitro benzene ring substituents is 1. The maximum Gasteiger partial charge on any atom is 1.00 e. The Morgan fingerprint density at radius 3 is 2.50 bits per heavy atom. The first-order valence-corrected chi connectivity index (χ1v) is 2.42. The minimum absolute atomic E-state index is 0. The second kappa shape index (κ2) is 5.13. The van der Waals surface area contributed by atoms with Gasteiger partial charge in [0.1, 0.15) is 0 Å². The van der Waals surface area contributed by atoms with Gasteiger partial charge >= 0.3 is 58.2 Å². The molecule has 0 N–H and O–H groups in total. The summed E-state index contributed by atoms with van der Waals surface area (Å²) in [4.78, 5) is 9.50. The Kier molecular flexibility index (Phi) is 5.34. The van der Waals surface area contributed by atoms with E-state index in [0.29, 0.717) is 0 Å². The number of para-hydroxylation sites is 1. The molecule has 0 aromatic heterocycles. The Hall–Kier alpha value is 0.425. The topological polar surface area (TPSA) is 43.1 Å². The summed E-state index contributed by atoms with van der Waals surface area (Å²) in [5.41, 5.74) is 0.0116. The number of hydrogen-bond donors (Lipinski definition) is 0. The molecule has 0 radical (unpaired) electrons. The third kappa shape index (κ3) is 3.01. The third-order valence-electron chi connectivity index (χ3n) is 0.889. The molecule has 0 aliphatic heterocycles. The molecule has 0 amide bonds. The van der Waals surface area contributed by atoms with E-state index in [1.165, 1.54) is 12.1 Å². The predicted octanol–water partition coefficient (Wildman–Crippen LogP) is -1.60. The fourth-order valence-electron chi connectivity index (χ4n) is 0.497. The van der Waals surface area contributed by atoms with E-state index in [4.69, 9.17) is 0 Å². The normalized spacial score (nSPS) is 8.00. The second-order valence-electron chi connectivity index (χ2n) is 1.50. The molecule has 1 aromatic carbocycles. The molecule has 1 rings (SSSR count). The van der Waals surface area contributed by atoms with Crippen LogP contribution in [0.25, 0.3) is 0 Å². The molecule has 0 aliphatic carbocycles. The summed E-state index contributed by atoms with van der Waals surface area (Å²) in [5, 5.41) is 9.98. The maximum absolute atomic E-state index is 9.98. The van der Waals surface area contributed by atoms with Crippen molar-refractivity contribution in [3.05, 3.63) is 40.4 Å². The van der Waals surface area contributed by atoms with Gasteiger partial charge in [-0.1, -0.05) is 6.07 Å². The Bertz CT molecular complexity index is 212. The summed E-state index contributed by atoms with van der Waals surface area (Å²) in [6.07, 6.45) is 0. The zero-order chi connectivity index (χ0) is 6.69. The first kappa shape index (κ1) is 10.4. The van der Waals surface area contributed by atoms with Crippen LogP contribution in [0.15, 0.2) is 24.3 Å². The Balaban J connectivity index is 0.000000810. The van der Waals surface area contributed by atoms with Gasteiger partial charge in [-0.05, 0) is 0 Å². The van der Waals surface area contributed by atoms with Gasteiger partial charge in [0.2, 0.25) is 0 Å². The van der Waals surface area contributed by atoms with Crippen molar-refractivity contribution in [1.29, 1.82) is 0 Å². The van der Waals surface area contributed by atoms with E-state index in [1.54, 1.807) is 12.1 Å². The number of hydrogen-bond acceptors (Lipinski definition) is 2. The molecule has 46 valence electrons. The molecule has 0 atom stereocenters. The zero-order valence-corrected chi connectivity index (χ0v) is 10.5. The van der Waals surface area contributed by atoms with Gasteiger partial charge in [0.05, 0.1) is 0 Å². The molecule has 0 saturated heterocycles. The quantitative estimate of drug-likeness (QED) is 0.316. The van der Waals surface area contributed by atoms with Gasteiger partial charge in [-0.15, -0.1) is 6.07 Å². The van der Waals surface area contributed by atoms with Gasteiger partial charge in [0.15, 0.2) is 5.69 Å². The van der Waals surface area contributed by atoms with Gasteiger partial charge in [-0.2, -0.15) is 18.2 Å². The van der Waals surface area contributed by atoms with E-state index in [2.05, 4.69) is 6.07 Å². The van der Waals surface area contributed by atoms with Crippen LogP contribution < -0.4 is 58.2 Å². The summed E-state index contributed by atoms with van der Waals surface area (Å²) >= 11 is 0. The van der Waals surface area contributed by atoms with Crippen LogP contribution in [0.3, 0.4) is 0 Å². The predicted molar refractivity (Wildman–Crippen MR) is 31.9 cm³/mol. The van der Waals surface area contributed by atoms with E-state index in [1.807, 2.05) is 0 Å². The van der Waals surface area contributed by atoms with Crippen LogP contribution >= 0.6 is 0 Å². The van der Waals surface area contributed by atoms with Gasteiger partial charge in [0, 0.05) is 4.92 Å². The van der Waals surface area contributed by atoms with E-state index >= 15 is 0 Å². The third-order valence-corrected chi connectivity index (χ3v) is 0.889. The minimum atomic E-state index is -0.472. The van der Waals surface area contributed by atoms with Crippen LogP contribution in [-0.2, 0) is 0 Å². The molecule has 0 aliphatic rings. The Labute approximate surface area is 107 Å². The summed E-state index contributed by atoms with van der Waals surface area (Å²) in [7, 11) is 0. The van der Waals surface area contributed by atoms with Crippen molar-refractivity contribution in [3.63, 3.8) is 0 Å². The van der Waals surface area contributed by atoms with Crippen LogP contribution in [0.2, 0.25) is 0 Å². The van der Waals surface area contributed by atoms with E-state index in [-0.39, 0.29) is 63.9 Å². The first-order valence-electron chi connectivity index (χ1n) is 2.42. The van der Waals surface area contributed by atoms with Crippen molar-refractivity contribution in [1.82, 2.24) is 0 Å². The summed E-state index contributed by atoms with van der Waals surface area (Å²) in [6, 6.07) is 8.68. The fraction of sp³-hybridized carbons (Fsp3) is 0. The van der Waals surface area contributed by atoms with Gasteiger partial charge < -0.3 is 0 Å². The van der Waals surface area contributed by atoms with E-state index in [0.717, 1.165) is 0 Å². The molecule has 3 nitrogen and oxygen atoms in total. The second-order valence-corrected chi connectivity index (χ2v) is 1.50. The number of benzene rings is 1. The van der Waals surface area contributed by atoms with Crippen LogP contribution in [0.4, 0.5) is 5.69 Å². The van der Waals surface area contributed by atoms with Crippen molar-refractivity contribution < 1.29 is 63.1 Å².